The summed E-state index contributed by atoms with van der Waals surface area (Å²) in [6.45, 7) is 0. The molecule has 5 aliphatic rings. The van der Waals surface area contributed by atoms with Crippen LogP contribution in [0.4, 0.5) is 0 Å². The lowest BCUT2D eigenvalue weighted by Gasteiger charge is -2.30. The molecular weight excluding hydrogens is 234 g/mol. The second-order valence-electron chi connectivity index (χ2n) is 5.96. The highest BCUT2D eigenvalue weighted by Crippen LogP contribution is 2.60. The van der Waals surface area contributed by atoms with Gasteiger partial charge < -0.3 is 9.47 Å². The fraction of sp³-hybridized carbons (Fsp3) is 0.692. The SMILES string of the molecule is CN1C(=O)[C@@H]2[C@@H]3O[C@H]([C@@H]2C1=O)[C@@H]1[C@H]3[C@H]2C=C[C@@H]1O2. The Labute approximate surface area is 104 Å². The molecule has 18 heavy (non-hydrogen) atoms. The molecule has 4 fully saturated rings. The van der Waals surface area contributed by atoms with E-state index in [2.05, 4.69) is 12.2 Å². The van der Waals surface area contributed by atoms with Gasteiger partial charge in [0.2, 0.25) is 11.8 Å². The molecule has 2 amide bonds. The first-order chi connectivity index (χ1) is 8.68. The highest BCUT2D eigenvalue weighted by Gasteiger charge is 2.72. The predicted octanol–water partition coefficient (Wildman–Crippen LogP) is -0.432. The maximum Gasteiger partial charge on any atom is 0.235 e. The number of hydrogen-bond acceptors (Lipinski definition) is 4. The van der Waals surface area contributed by atoms with Crippen LogP contribution in [0.1, 0.15) is 0 Å². The summed E-state index contributed by atoms with van der Waals surface area (Å²) in [7, 11) is 1.58. The smallest absolute Gasteiger partial charge is 0.235 e. The van der Waals surface area contributed by atoms with Crippen molar-refractivity contribution in [2.24, 2.45) is 23.7 Å². The molecule has 0 unspecified atom stereocenters. The highest BCUT2D eigenvalue weighted by atomic mass is 16.5. The van der Waals surface area contributed by atoms with E-state index in [-0.39, 0.29) is 59.9 Å². The third-order valence-corrected chi connectivity index (χ3v) is 5.41. The van der Waals surface area contributed by atoms with E-state index in [4.69, 9.17) is 9.47 Å². The van der Waals surface area contributed by atoms with Crippen molar-refractivity contribution in [1.82, 2.24) is 4.90 Å². The number of rotatable bonds is 0. The van der Waals surface area contributed by atoms with Gasteiger partial charge in [-0.05, 0) is 0 Å². The van der Waals surface area contributed by atoms with Crippen LogP contribution in [0.2, 0.25) is 0 Å². The van der Waals surface area contributed by atoms with Crippen LogP contribution >= 0.6 is 0 Å². The van der Waals surface area contributed by atoms with E-state index < -0.39 is 0 Å². The fourth-order valence-corrected chi connectivity index (χ4v) is 4.74. The monoisotopic (exact) mass is 247 g/mol. The molecule has 0 aromatic carbocycles. The van der Waals surface area contributed by atoms with Gasteiger partial charge in [-0.25, -0.2) is 0 Å². The molecule has 0 N–H and O–H groups in total. The first-order valence-electron chi connectivity index (χ1n) is 6.49. The minimum atomic E-state index is -0.259. The van der Waals surface area contributed by atoms with Crippen LogP contribution < -0.4 is 0 Å². The zero-order chi connectivity index (χ0) is 12.2. The molecule has 0 spiro atoms. The molecule has 5 nitrogen and oxygen atoms in total. The summed E-state index contributed by atoms with van der Waals surface area (Å²) in [6, 6.07) is 0. The van der Waals surface area contributed by atoms with Crippen molar-refractivity contribution in [2.45, 2.75) is 24.4 Å². The Kier molecular flexibility index (Phi) is 1.45. The Morgan fingerprint density at radius 1 is 0.944 bits per heavy atom. The normalized spacial score (nSPS) is 58.8. The topological polar surface area (TPSA) is 55.8 Å². The molecule has 0 aliphatic carbocycles. The highest BCUT2D eigenvalue weighted by molar-refractivity contribution is 6.06. The molecule has 94 valence electrons. The van der Waals surface area contributed by atoms with Gasteiger partial charge in [0.1, 0.15) is 0 Å². The number of amides is 2. The van der Waals surface area contributed by atoms with Gasteiger partial charge in [0.25, 0.3) is 0 Å². The van der Waals surface area contributed by atoms with E-state index in [1.54, 1.807) is 7.05 Å². The minimum absolute atomic E-state index is 0.0669. The first-order valence-corrected chi connectivity index (χ1v) is 6.49. The van der Waals surface area contributed by atoms with Crippen LogP contribution in [-0.4, -0.2) is 48.2 Å². The van der Waals surface area contributed by atoms with Crippen molar-refractivity contribution in [3.8, 4) is 0 Å². The number of nitrogens with zero attached hydrogens (tertiary/aromatic N) is 1. The molecule has 0 aromatic heterocycles. The zero-order valence-electron chi connectivity index (χ0n) is 9.85. The average molecular weight is 247 g/mol. The molecule has 5 heterocycles. The van der Waals surface area contributed by atoms with Crippen molar-refractivity contribution < 1.29 is 19.1 Å². The fourth-order valence-electron chi connectivity index (χ4n) is 4.74. The van der Waals surface area contributed by atoms with Gasteiger partial charge >= 0.3 is 0 Å². The summed E-state index contributed by atoms with van der Waals surface area (Å²) in [5, 5.41) is 0. The van der Waals surface area contributed by atoms with Crippen molar-refractivity contribution in [1.29, 1.82) is 0 Å². The molecule has 8 atom stereocenters. The Morgan fingerprint density at radius 3 is 1.94 bits per heavy atom. The van der Waals surface area contributed by atoms with Crippen molar-refractivity contribution in [3.05, 3.63) is 12.2 Å². The summed E-state index contributed by atoms with van der Waals surface area (Å²) < 4.78 is 11.8. The van der Waals surface area contributed by atoms with Crippen molar-refractivity contribution >= 4 is 11.8 Å². The van der Waals surface area contributed by atoms with E-state index >= 15 is 0 Å². The molecule has 0 radical (unpaired) electrons. The second kappa shape index (κ2) is 2.70. The van der Waals surface area contributed by atoms with Crippen LogP contribution in [0.25, 0.3) is 0 Å². The number of imide groups is 1. The van der Waals surface area contributed by atoms with Crippen LogP contribution in [0.3, 0.4) is 0 Å². The van der Waals surface area contributed by atoms with Gasteiger partial charge in [0, 0.05) is 18.9 Å². The number of carbonyl (C=O) groups is 2. The number of hydrogen-bond donors (Lipinski definition) is 0. The van der Waals surface area contributed by atoms with Crippen LogP contribution in [0.5, 0.6) is 0 Å². The number of fused-ring (bicyclic) bond motifs is 12. The maximum atomic E-state index is 12.1. The maximum absolute atomic E-state index is 12.1. The van der Waals surface area contributed by atoms with Gasteiger partial charge in [0.15, 0.2) is 0 Å². The van der Waals surface area contributed by atoms with Gasteiger partial charge in [0.05, 0.1) is 36.3 Å². The van der Waals surface area contributed by atoms with Crippen molar-refractivity contribution in [3.63, 3.8) is 0 Å². The number of likely N-dealkylation sites (tertiary alicyclic amines) is 1. The summed E-state index contributed by atoms with van der Waals surface area (Å²) in [5.74, 6) is -0.107. The predicted molar refractivity (Wildman–Crippen MR) is 58.2 cm³/mol. The zero-order valence-corrected chi connectivity index (χ0v) is 9.85. The molecule has 5 aliphatic heterocycles. The lowest BCUT2D eigenvalue weighted by Crippen LogP contribution is -2.44. The molecule has 4 saturated heterocycles. The lowest BCUT2D eigenvalue weighted by molar-refractivity contribution is -0.141. The summed E-state index contributed by atoms with van der Waals surface area (Å²) in [6.07, 6.45) is 4.10. The first kappa shape index (κ1) is 9.69. The standard InChI is InChI=1S/C13H13NO4/c1-14-12(15)8-9(13(14)16)11-7-5-3-2-4(17-5)6(7)10(8)18-11/h2-11H,1H3/t4-,5+,6-,7+,8+,9-,10-,11+. The third-order valence-electron chi connectivity index (χ3n) is 5.41. The molecule has 5 heteroatoms. The molecule has 0 aromatic rings. The summed E-state index contributed by atoms with van der Waals surface area (Å²) >= 11 is 0. The number of carbonyl (C=O) groups excluding carboxylic acids is 2. The third kappa shape index (κ3) is 0.788. The van der Waals surface area contributed by atoms with Gasteiger partial charge in [-0.2, -0.15) is 0 Å². The van der Waals surface area contributed by atoms with Gasteiger partial charge in [-0.15, -0.1) is 0 Å². The van der Waals surface area contributed by atoms with E-state index in [0.717, 1.165) is 0 Å². The van der Waals surface area contributed by atoms with E-state index in [1.165, 1.54) is 4.90 Å². The van der Waals surface area contributed by atoms with E-state index in [0.29, 0.717) is 0 Å². The largest absolute Gasteiger partial charge is 0.372 e. The van der Waals surface area contributed by atoms with Crippen LogP contribution in [0.15, 0.2) is 12.2 Å². The number of ether oxygens (including phenoxy) is 2. The van der Waals surface area contributed by atoms with Crippen molar-refractivity contribution in [2.75, 3.05) is 7.05 Å². The van der Waals surface area contributed by atoms with Gasteiger partial charge in [-0.1, -0.05) is 12.2 Å². The molecule has 4 bridgehead atoms. The van der Waals surface area contributed by atoms with E-state index in [9.17, 15) is 9.59 Å². The molecule has 5 rings (SSSR count). The molecule has 0 saturated carbocycles. The van der Waals surface area contributed by atoms with Crippen LogP contribution in [-0.2, 0) is 19.1 Å². The average Bonchev–Trinajstić information content (AvgIpc) is 3.11. The van der Waals surface area contributed by atoms with Crippen LogP contribution in [0, 0.1) is 23.7 Å². The quantitative estimate of drug-likeness (QED) is 0.430. The Bertz CT molecular complexity index is 473. The summed E-state index contributed by atoms with van der Waals surface area (Å²) in [4.78, 5) is 25.6. The molecular formula is C13H13NO4. The Hall–Kier alpha value is -1.20. The second-order valence-corrected chi connectivity index (χ2v) is 5.96. The lowest BCUT2D eigenvalue weighted by atomic mass is 9.65. The van der Waals surface area contributed by atoms with E-state index in [1.807, 2.05) is 0 Å². The Balaban J connectivity index is 1.62. The minimum Gasteiger partial charge on any atom is -0.372 e. The summed E-state index contributed by atoms with van der Waals surface area (Å²) in [5.41, 5.74) is 0. The Morgan fingerprint density at radius 2 is 1.44 bits per heavy atom. The van der Waals surface area contributed by atoms with Gasteiger partial charge in [-0.3, -0.25) is 14.5 Å².